The standard InChI is InChI=1S/C52H72ClN10O12P/c1-2-3-4-5-6-7-8-9-10-11-12-13-14-15-16-17-26-69-28-38(70-27-36-18-20-37(53)21-19-36)29-71-76(68,72-30-41-45(64)47(66)51(32-54,74-41)43-24-22-39-49(56)58-34-60-62(39)43)73-31-42-46(65)48(67)52(33-55,75-42)44-25-23-40-50(57)59-35-61-63(40)44/h18-25,34-35,38,41-42,45-48,64-67H,2-17,26-31H2,1H3,(H2,56,58,60)(H2,57,59,61)/t38-,41-,42-,45-,46-,47-,48-,51+,52+/m1/s1. The topological polar surface area (TPSA) is 323 Å². The molecule has 5 aromatic rings. The van der Waals surface area contributed by atoms with Crippen LogP contribution in [0.2, 0.25) is 5.02 Å². The molecule has 2 aliphatic rings. The maximum atomic E-state index is 14.9. The average Bonchev–Trinajstić information content (AvgIpc) is 4.22. The Kier molecular flexibility index (Phi) is 21.8. The Labute approximate surface area is 447 Å². The molecule has 0 unspecified atom stereocenters. The van der Waals surface area contributed by atoms with E-state index in [4.69, 9.17) is 55.6 Å². The molecule has 7 rings (SSSR count). The predicted molar refractivity (Wildman–Crippen MR) is 279 cm³/mol. The number of nitrogens with zero attached hydrogens (tertiary/aromatic N) is 8. The molecule has 0 amide bonds. The Morgan fingerprint density at radius 1 is 0.671 bits per heavy atom. The van der Waals surface area contributed by atoms with E-state index in [1.165, 1.54) is 110 Å². The molecule has 0 bridgehead atoms. The first-order valence-corrected chi connectivity index (χ1v) is 28.2. The zero-order valence-electron chi connectivity index (χ0n) is 43.0. The van der Waals surface area contributed by atoms with Crippen LogP contribution in [0.5, 0.6) is 0 Å². The summed E-state index contributed by atoms with van der Waals surface area (Å²) >= 11 is 6.14. The largest absolute Gasteiger partial charge is 0.475 e. The van der Waals surface area contributed by atoms with Crippen LogP contribution in [0.4, 0.5) is 11.6 Å². The number of unbranched alkanes of at least 4 members (excludes halogenated alkanes) is 15. The number of phosphoric acid groups is 1. The van der Waals surface area contributed by atoms with E-state index in [1.54, 1.807) is 24.3 Å². The van der Waals surface area contributed by atoms with Crippen molar-refractivity contribution in [1.29, 1.82) is 10.5 Å². The molecule has 0 saturated carbocycles. The molecule has 0 radical (unpaired) electrons. The van der Waals surface area contributed by atoms with Crippen molar-refractivity contribution in [2.24, 2.45) is 0 Å². The summed E-state index contributed by atoms with van der Waals surface area (Å²) in [5.74, 6) is 0.157. The fraction of sp³-hybridized carbons (Fsp3) is 0.615. The second-order valence-corrected chi connectivity index (χ2v) is 21.6. The number of rotatable bonds is 33. The van der Waals surface area contributed by atoms with Crippen molar-refractivity contribution in [3.63, 3.8) is 0 Å². The lowest BCUT2D eigenvalue weighted by Gasteiger charge is -2.26. The molecular weight excluding hydrogens is 1020 g/mol. The Balaban J connectivity index is 0.999. The van der Waals surface area contributed by atoms with Gasteiger partial charge in [-0.1, -0.05) is 127 Å². The van der Waals surface area contributed by atoms with Crippen LogP contribution in [0.25, 0.3) is 11.0 Å². The van der Waals surface area contributed by atoms with E-state index < -0.39 is 81.6 Å². The smallest absolute Gasteiger partial charge is 0.387 e. The lowest BCUT2D eigenvalue weighted by atomic mass is 9.92. The Morgan fingerprint density at radius 2 is 1.12 bits per heavy atom. The molecule has 2 aliphatic heterocycles. The van der Waals surface area contributed by atoms with Crippen molar-refractivity contribution in [2.45, 2.75) is 170 Å². The van der Waals surface area contributed by atoms with Crippen LogP contribution in [0.3, 0.4) is 0 Å². The highest BCUT2D eigenvalue weighted by atomic mass is 35.5. The number of hydrogen-bond donors (Lipinski definition) is 6. The summed E-state index contributed by atoms with van der Waals surface area (Å²) in [7, 11) is -4.91. The molecule has 6 heterocycles. The summed E-state index contributed by atoms with van der Waals surface area (Å²) in [6.45, 7) is 0.739. The molecule has 2 saturated heterocycles. The van der Waals surface area contributed by atoms with Crippen LogP contribution >= 0.6 is 19.4 Å². The number of hydrogen-bond acceptors (Lipinski definition) is 20. The van der Waals surface area contributed by atoms with Gasteiger partial charge in [0.05, 0.1) is 44.4 Å². The number of aliphatic hydroxyl groups excluding tert-OH is 4. The van der Waals surface area contributed by atoms with E-state index in [1.807, 2.05) is 12.1 Å². The number of aromatic nitrogens is 6. The van der Waals surface area contributed by atoms with Gasteiger partial charge < -0.3 is 50.8 Å². The van der Waals surface area contributed by atoms with Gasteiger partial charge in [-0.05, 0) is 48.4 Å². The molecule has 22 nitrogen and oxygen atoms in total. The fourth-order valence-corrected chi connectivity index (χ4v) is 11.0. The highest BCUT2D eigenvalue weighted by molar-refractivity contribution is 7.48. The number of phosphoric ester groups is 1. The van der Waals surface area contributed by atoms with Crippen molar-refractivity contribution >= 4 is 42.1 Å². The van der Waals surface area contributed by atoms with Gasteiger partial charge in [-0.2, -0.15) is 20.7 Å². The molecule has 0 spiro atoms. The SMILES string of the molecule is CCCCCCCCCCCCCCCCCCOC[C@H](COP(=O)(OC[C@H]1O[C@@](C#N)(c2ccc3c(N)ncnn23)[C@H](O)[C@@H]1O)OC[C@H]1O[C@@](C#N)(c2ccc3c(N)ncnn23)[C@H](O)[C@@H]1O)OCc1ccc(Cl)cc1. The monoisotopic (exact) mass is 1090 g/mol. The predicted octanol–water partition coefficient (Wildman–Crippen LogP) is 6.99. The number of fused-ring (bicyclic) bond motifs is 2. The van der Waals surface area contributed by atoms with Gasteiger partial charge in [0.1, 0.15) is 78.6 Å². The number of nitrogens with two attached hydrogens (primary N) is 2. The van der Waals surface area contributed by atoms with Gasteiger partial charge in [0.2, 0.25) is 11.2 Å². The van der Waals surface area contributed by atoms with Gasteiger partial charge >= 0.3 is 7.82 Å². The normalized spacial score (nSPS) is 24.1. The summed E-state index contributed by atoms with van der Waals surface area (Å²) in [5, 5.41) is 75.4. The van der Waals surface area contributed by atoms with Crippen molar-refractivity contribution in [3.8, 4) is 12.1 Å². The van der Waals surface area contributed by atoms with Gasteiger partial charge in [-0.25, -0.2) is 23.6 Å². The number of anilines is 2. The number of halogens is 1. The first-order chi connectivity index (χ1) is 36.8. The van der Waals surface area contributed by atoms with Crippen LogP contribution < -0.4 is 11.5 Å². The molecule has 1 aromatic carbocycles. The minimum Gasteiger partial charge on any atom is -0.387 e. The van der Waals surface area contributed by atoms with Gasteiger partial charge in [0, 0.05) is 11.6 Å². The van der Waals surface area contributed by atoms with Gasteiger partial charge in [0.15, 0.2) is 11.6 Å². The summed E-state index contributed by atoms with van der Waals surface area (Å²) < 4.78 is 59.5. The quantitative estimate of drug-likeness (QED) is 0.0182. The Bertz CT molecular complexity index is 2610. The van der Waals surface area contributed by atoms with Crippen molar-refractivity contribution in [2.75, 3.05) is 44.5 Å². The minimum absolute atomic E-state index is 0.00761. The van der Waals surface area contributed by atoms with Crippen molar-refractivity contribution < 1.29 is 57.5 Å². The third-order valence-corrected chi connectivity index (χ3v) is 15.7. The van der Waals surface area contributed by atoms with Crippen LogP contribution in [-0.4, -0.2) is 125 Å². The van der Waals surface area contributed by atoms with Crippen molar-refractivity contribution in [1.82, 2.24) is 29.2 Å². The van der Waals surface area contributed by atoms with E-state index in [-0.39, 0.29) is 36.2 Å². The van der Waals surface area contributed by atoms with Gasteiger partial charge in [0.25, 0.3) is 0 Å². The summed E-state index contributed by atoms with van der Waals surface area (Å²) in [6.07, 6.45) is 10.8. The number of ether oxygens (including phenoxy) is 4. The Hall–Kier alpha value is -4.88. The molecular formula is C52H72ClN10O12P. The lowest BCUT2D eigenvalue weighted by Crippen LogP contribution is -2.41. The average molecular weight is 1100 g/mol. The highest BCUT2D eigenvalue weighted by Gasteiger charge is 2.59. The molecule has 24 heteroatoms. The zero-order valence-corrected chi connectivity index (χ0v) is 44.6. The maximum Gasteiger partial charge on any atom is 0.475 e. The number of benzene rings is 1. The van der Waals surface area contributed by atoms with Gasteiger partial charge in [-0.3, -0.25) is 13.6 Å². The van der Waals surface area contributed by atoms with E-state index in [0.717, 1.165) is 43.9 Å². The molecule has 414 valence electrons. The lowest BCUT2D eigenvalue weighted by molar-refractivity contribution is -0.0802. The molecule has 76 heavy (non-hydrogen) atoms. The summed E-state index contributed by atoms with van der Waals surface area (Å²) in [6, 6.07) is 16.8. The van der Waals surface area contributed by atoms with Gasteiger partial charge in [-0.15, -0.1) is 0 Å². The number of nitriles is 2. The first-order valence-electron chi connectivity index (χ1n) is 26.3. The molecule has 0 aliphatic carbocycles. The number of aliphatic hydroxyl groups is 4. The maximum absolute atomic E-state index is 14.9. The minimum atomic E-state index is -4.91. The molecule has 8 N–H and O–H groups in total. The molecule has 2 fully saturated rings. The van der Waals surface area contributed by atoms with E-state index in [2.05, 4.69) is 27.1 Å². The highest BCUT2D eigenvalue weighted by Crippen LogP contribution is 2.52. The van der Waals surface area contributed by atoms with Crippen LogP contribution in [-0.2, 0) is 54.9 Å². The Morgan fingerprint density at radius 3 is 1.57 bits per heavy atom. The first kappa shape index (κ1) is 58.8. The summed E-state index contributed by atoms with van der Waals surface area (Å²) in [4.78, 5) is 7.91. The third-order valence-electron chi connectivity index (χ3n) is 14.0. The summed E-state index contributed by atoms with van der Waals surface area (Å²) in [5.41, 5.74) is 9.00. The third kappa shape index (κ3) is 14.2. The zero-order chi connectivity index (χ0) is 54.1. The van der Waals surface area contributed by atoms with E-state index in [9.17, 15) is 35.5 Å². The van der Waals surface area contributed by atoms with Crippen LogP contribution in [0.1, 0.15) is 127 Å². The second-order valence-electron chi connectivity index (χ2n) is 19.5. The molecule has 9 atom stereocenters. The molecule has 4 aromatic heterocycles. The fourth-order valence-electron chi connectivity index (χ4n) is 9.62. The van der Waals surface area contributed by atoms with Crippen LogP contribution in [0, 0.1) is 22.7 Å². The van der Waals surface area contributed by atoms with Crippen LogP contribution in [0.15, 0.2) is 61.2 Å². The van der Waals surface area contributed by atoms with E-state index >= 15 is 0 Å². The van der Waals surface area contributed by atoms with Crippen molar-refractivity contribution in [3.05, 3.63) is 83.2 Å². The number of nitrogen functional groups attached to an aromatic ring is 2. The van der Waals surface area contributed by atoms with E-state index in [0.29, 0.717) is 22.7 Å². The second kappa shape index (κ2) is 28.1.